The summed E-state index contributed by atoms with van der Waals surface area (Å²) < 4.78 is 10.8. The molecule has 9 heteroatoms. The van der Waals surface area contributed by atoms with Crippen LogP contribution in [0, 0.1) is 10.1 Å². The zero-order valence-corrected chi connectivity index (χ0v) is 15.0. The third-order valence-corrected chi connectivity index (χ3v) is 3.83. The number of methoxy groups -OCH3 is 2. The van der Waals surface area contributed by atoms with E-state index in [1.165, 1.54) is 38.6 Å². The van der Waals surface area contributed by atoms with Gasteiger partial charge in [-0.2, -0.15) is 0 Å². The van der Waals surface area contributed by atoms with Crippen molar-refractivity contribution in [3.63, 3.8) is 0 Å². The summed E-state index contributed by atoms with van der Waals surface area (Å²) in [5.41, 5.74) is 0.138. The number of benzene rings is 2. The predicted molar refractivity (Wildman–Crippen MR) is 94.3 cm³/mol. The molecule has 1 N–H and O–H groups in total. The quantitative estimate of drug-likeness (QED) is 0.441. The zero-order valence-electron chi connectivity index (χ0n) is 12.6. The molecule has 0 heterocycles. The number of aromatic hydroxyl groups is 1. The van der Waals surface area contributed by atoms with Crippen molar-refractivity contribution in [3.05, 3.63) is 49.4 Å². The van der Waals surface area contributed by atoms with Crippen LogP contribution in [0.15, 0.2) is 33.7 Å². The lowest BCUT2D eigenvalue weighted by Gasteiger charge is -2.09. The molecule has 0 saturated carbocycles. The number of halogens is 2. The topological polar surface area (TPSA) is 94.2 Å². The van der Waals surface area contributed by atoms with Crippen molar-refractivity contribution in [1.29, 1.82) is 0 Å². The zero-order chi connectivity index (χ0) is 17.9. The molecule has 0 aromatic heterocycles. The van der Waals surface area contributed by atoms with Crippen molar-refractivity contribution < 1.29 is 19.5 Å². The van der Waals surface area contributed by atoms with Crippen LogP contribution >= 0.6 is 27.5 Å². The molecule has 126 valence electrons. The van der Waals surface area contributed by atoms with Gasteiger partial charge in [0.05, 0.1) is 24.2 Å². The van der Waals surface area contributed by atoms with Gasteiger partial charge in [-0.3, -0.25) is 15.1 Å². The number of nitrogens with zero attached hydrogens (tertiary/aromatic N) is 2. The highest BCUT2D eigenvalue weighted by molar-refractivity contribution is 9.10. The first-order chi connectivity index (χ1) is 11.4. The highest BCUT2D eigenvalue weighted by Crippen LogP contribution is 2.38. The van der Waals surface area contributed by atoms with Crippen LogP contribution in [-0.4, -0.2) is 30.5 Å². The van der Waals surface area contributed by atoms with Gasteiger partial charge in [-0.05, 0) is 6.07 Å². The number of phenols is 1. The fraction of sp³-hybridized carbons (Fsp3) is 0.133. The molecule has 0 radical (unpaired) electrons. The molecule has 24 heavy (non-hydrogen) atoms. The summed E-state index contributed by atoms with van der Waals surface area (Å²) in [6, 6.07) is 5.81. The summed E-state index contributed by atoms with van der Waals surface area (Å²) in [5, 5.41) is 21.3. The van der Waals surface area contributed by atoms with E-state index in [1.807, 2.05) is 0 Å². The van der Waals surface area contributed by atoms with Crippen LogP contribution in [-0.2, 0) is 0 Å². The summed E-state index contributed by atoms with van der Waals surface area (Å²) in [4.78, 5) is 14.5. The first-order valence-corrected chi connectivity index (χ1v) is 7.67. The Labute approximate surface area is 150 Å². The number of rotatable bonds is 5. The molecule has 2 aromatic rings. The van der Waals surface area contributed by atoms with Gasteiger partial charge in [0, 0.05) is 34.4 Å². The lowest BCUT2D eigenvalue weighted by atomic mass is 10.2. The molecule has 0 unspecified atom stereocenters. The summed E-state index contributed by atoms with van der Waals surface area (Å²) in [6.45, 7) is 0. The SMILES string of the molecule is COc1cc(N=Cc2cc(Br)cc([N+](=O)[O-])c2O)c(OC)cc1Cl. The Bertz CT molecular complexity index is 826. The van der Waals surface area contributed by atoms with E-state index in [0.717, 1.165) is 0 Å². The van der Waals surface area contributed by atoms with Crippen molar-refractivity contribution in [1.82, 2.24) is 0 Å². The van der Waals surface area contributed by atoms with E-state index in [1.54, 1.807) is 6.07 Å². The summed E-state index contributed by atoms with van der Waals surface area (Å²) in [6.07, 6.45) is 1.29. The maximum atomic E-state index is 11.0. The number of phenolic OH excluding ortho intramolecular Hbond substituents is 1. The highest BCUT2D eigenvalue weighted by Gasteiger charge is 2.18. The smallest absolute Gasteiger partial charge is 0.312 e. The van der Waals surface area contributed by atoms with Crippen molar-refractivity contribution in [2.75, 3.05) is 14.2 Å². The van der Waals surface area contributed by atoms with Crippen LogP contribution in [0.25, 0.3) is 0 Å². The molecule has 0 fully saturated rings. The van der Waals surface area contributed by atoms with Crippen molar-refractivity contribution >= 4 is 45.1 Å². The lowest BCUT2D eigenvalue weighted by molar-refractivity contribution is -0.385. The minimum atomic E-state index is -0.677. The minimum Gasteiger partial charge on any atom is -0.502 e. The number of hydrogen-bond acceptors (Lipinski definition) is 6. The van der Waals surface area contributed by atoms with Gasteiger partial charge in [-0.1, -0.05) is 27.5 Å². The van der Waals surface area contributed by atoms with E-state index in [2.05, 4.69) is 20.9 Å². The second-order valence-corrected chi connectivity index (χ2v) is 5.86. The molecule has 0 spiro atoms. The van der Waals surface area contributed by atoms with Crippen molar-refractivity contribution in [2.45, 2.75) is 0 Å². The van der Waals surface area contributed by atoms with Crippen molar-refractivity contribution in [2.24, 2.45) is 4.99 Å². The Morgan fingerprint density at radius 2 is 1.92 bits per heavy atom. The fourth-order valence-corrected chi connectivity index (χ4v) is 2.62. The fourth-order valence-electron chi connectivity index (χ4n) is 1.93. The molecule has 2 aromatic carbocycles. The van der Waals surface area contributed by atoms with E-state index < -0.39 is 16.4 Å². The lowest BCUT2D eigenvalue weighted by Crippen LogP contribution is -1.93. The number of aliphatic imine (C=N–C) groups is 1. The van der Waals surface area contributed by atoms with Crippen LogP contribution in [0.5, 0.6) is 17.2 Å². The highest BCUT2D eigenvalue weighted by atomic mass is 79.9. The summed E-state index contributed by atoms with van der Waals surface area (Å²) >= 11 is 9.18. The van der Waals surface area contributed by atoms with Gasteiger partial charge >= 0.3 is 5.69 Å². The molecule has 0 aliphatic heterocycles. The number of hydrogen-bond donors (Lipinski definition) is 1. The van der Waals surface area contributed by atoms with Gasteiger partial charge < -0.3 is 14.6 Å². The normalized spacial score (nSPS) is 10.8. The van der Waals surface area contributed by atoms with Crippen molar-refractivity contribution in [3.8, 4) is 17.2 Å². The molecular weight excluding hydrogens is 404 g/mol. The third kappa shape index (κ3) is 3.77. The van der Waals surface area contributed by atoms with Crippen LogP contribution in [0.4, 0.5) is 11.4 Å². The Kier molecular flexibility index (Phi) is 5.63. The van der Waals surface area contributed by atoms with E-state index >= 15 is 0 Å². The Balaban J connectivity index is 2.50. The monoisotopic (exact) mass is 414 g/mol. The number of nitro groups is 1. The molecule has 7 nitrogen and oxygen atoms in total. The predicted octanol–water partition coefficient (Wildman–Crippen LogP) is 4.48. The molecule has 0 aliphatic rings. The van der Waals surface area contributed by atoms with Gasteiger partial charge in [0.1, 0.15) is 17.2 Å². The van der Waals surface area contributed by atoms with Crippen LogP contribution < -0.4 is 9.47 Å². The van der Waals surface area contributed by atoms with Crippen LogP contribution in [0.2, 0.25) is 5.02 Å². The Hall–Kier alpha value is -2.32. The first-order valence-electron chi connectivity index (χ1n) is 6.49. The molecule has 0 saturated heterocycles. The van der Waals surface area contributed by atoms with Gasteiger partial charge in [-0.25, -0.2) is 0 Å². The summed E-state index contributed by atoms with van der Waals surface area (Å²) in [5.74, 6) is 0.307. The number of nitro benzene ring substituents is 1. The maximum absolute atomic E-state index is 11.0. The van der Waals surface area contributed by atoms with Gasteiger partial charge in [-0.15, -0.1) is 0 Å². The molecule has 0 amide bonds. The minimum absolute atomic E-state index is 0.173. The molecule has 0 atom stereocenters. The second-order valence-electron chi connectivity index (χ2n) is 4.54. The van der Waals surface area contributed by atoms with Gasteiger partial charge in [0.2, 0.25) is 5.75 Å². The maximum Gasteiger partial charge on any atom is 0.312 e. The van der Waals surface area contributed by atoms with E-state index in [4.69, 9.17) is 21.1 Å². The van der Waals surface area contributed by atoms with Crippen LogP contribution in [0.3, 0.4) is 0 Å². The largest absolute Gasteiger partial charge is 0.502 e. The Morgan fingerprint density at radius 1 is 1.25 bits per heavy atom. The second kappa shape index (κ2) is 7.50. The average Bonchev–Trinajstić information content (AvgIpc) is 2.55. The summed E-state index contributed by atoms with van der Waals surface area (Å²) in [7, 11) is 2.92. The molecule has 0 aliphatic carbocycles. The standard InChI is InChI=1S/C15H12BrClN2O5/c1-23-13-6-11(14(24-2)5-10(13)17)18-7-8-3-9(16)4-12(15(8)20)19(21)22/h3-7,20H,1-2H3. The Morgan fingerprint density at radius 3 is 2.50 bits per heavy atom. The van der Waals surface area contributed by atoms with Gasteiger partial charge in [0.25, 0.3) is 0 Å². The molecule has 2 rings (SSSR count). The molecule has 0 bridgehead atoms. The van der Waals surface area contributed by atoms with E-state index in [9.17, 15) is 15.2 Å². The molecular formula is C15H12BrClN2O5. The van der Waals surface area contributed by atoms with E-state index in [0.29, 0.717) is 26.7 Å². The van der Waals surface area contributed by atoms with Crippen LogP contribution in [0.1, 0.15) is 5.56 Å². The average molecular weight is 416 g/mol. The number of ether oxygens (including phenoxy) is 2. The first kappa shape index (κ1) is 18.0. The third-order valence-electron chi connectivity index (χ3n) is 3.08. The van der Waals surface area contributed by atoms with Gasteiger partial charge in [0.15, 0.2) is 0 Å². The van der Waals surface area contributed by atoms with E-state index in [-0.39, 0.29) is 5.56 Å².